The second-order valence-corrected chi connectivity index (χ2v) is 4.58. The third kappa shape index (κ3) is 4.55. The Hall–Kier alpha value is -2.08. The van der Waals surface area contributed by atoms with Gasteiger partial charge in [-0.05, 0) is 31.0 Å². The lowest BCUT2D eigenvalue weighted by Crippen LogP contribution is -2.30. The predicted molar refractivity (Wildman–Crippen MR) is 73.8 cm³/mol. The molecule has 2 amide bonds. The maximum atomic E-state index is 11.7. The van der Waals surface area contributed by atoms with Crippen LogP contribution in [0.4, 0.5) is 10.5 Å². The van der Waals surface area contributed by atoms with Crippen LogP contribution in [-0.4, -0.2) is 38.4 Å². The number of rotatable bonds is 6. The molecule has 0 saturated heterocycles. The summed E-state index contributed by atoms with van der Waals surface area (Å²) in [5.74, 6) is -0.437. The Morgan fingerprint density at radius 1 is 1.30 bits per heavy atom. The molecule has 1 aromatic carbocycles. The van der Waals surface area contributed by atoms with Gasteiger partial charge in [0.2, 0.25) is 0 Å². The van der Waals surface area contributed by atoms with Crippen LogP contribution in [0.5, 0.6) is 0 Å². The van der Waals surface area contributed by atoms with E-state index in [9.17, 15) is 9.59 Å². The van der Waals surface area contributed by atoms with Gasteiger partial charge >= 0.3 is 12.0 Å². The van der Waals surface area contributed by atoms with Crippen molar-refractivity contribution in [2.24, 2.45) is 0 Å². The molecule has 0 unspecified atom stereocenters. The van der Waals surface area contributed by atoms with Crippen LogP contribution in [0.2, 0.25) is 0 Å². The van der Waals surface area contributed by atoms with E-state index in [0.717, 1.165) is 12.8 Å². The summed E-state index contributed by atoms with van der Waals surface area (Å²) in [4.78, 5) is 23.3. The smallest absolute Gasteiger partial charge is 0.338 e. The molecule has 2 rings (SSSR count). The van der Waals surface area contributed by atoms with Gasteiger partial charge < -0.3 is 20.1 Å². The van der Waals surface area contributed by atoms with Gasteiger partial charge in [-0.1, -0.05) is 6.07 Å². The summed E-state index contributed by atoms with van der Waals surface area (Å²) in [5.41, 5.74) is 0.953. The summed E-state index contributed by atoms with van der Waals surface area (Å²) >= 11 is 0. The Labute approximate surface area is 117 Å². The Bertz CT molecular complexity index is 486. The van der Waals surface area contributed by atoms with E-state index in [4.69, 9.17) is 9.47 Å². The number of carbonyl (C=O) groups excluding carboxylic acids is 2. The van der Waals surface area contributed by atoms with Gasteiger partial charge in [0.05, 0.1) is 12.2 Å². The van der Waals surface area contributed by atoms with Gasteiger partial charge in [-0.15, -0.1) is 0 Å². The van der Waals surface area contributed by atoms with Crippen LogP contribution in [0.1, 0.15) is 23.2 Å². The summed E-state index contributed by atoms with van der Waals surface area (Å²) in [5, 5.41) is 5.50. The molecule has 1 aliphatic rings. The van der Waals surface area contributed by atoms with Gasteiger partial charge in [-0.2, -0.15) is 0 Å². The van der Waals surface area contributed by atoms with Crippen LogP contribution in [0.25, 0.3) is 0 Å². The van der Waals surface area contributed by atoms with Crippen molar-refractivity contribution in [3.8, 4) is 0 Å². The summed E-state index contributed by atoms with van der Waals surface area (Å²) in [6, 6.07) is 6.67. The number of methoxy groups -OCH3 is 1. The number of carbonyl (C=O) groups is 2. The lowest BCUT2D eigenvalue weighted by atomic mass is 10.2. The monoisotopic (exact) mass is 278 g/mol. The number of benzene rings is 1. The Kier molecular flexibility index (Phi) is 4.95. The normalized spacial score (nSPS) is 13.7. The molecule has 0 radical (unpaired) electrons. The average molecular weight is 278 g/mol. The van der Waals surface area contributed by atoms with Crippen LogP contribution < -0.4 is 10.6 Å². The van der Waals surface area contributed by atoms with Crippen molar-refractivity contribution in [2.45, 2.75) is 18.9 Å². The predicted octanol–water partition coefficient (Wildman–Crippen LogP) is 1.77. The van der Waals surface area contributed by atoms with E-state index in [1.165, 1.54) is 7.11 Å². The molecule has 1 saturated carbocycles. The maximum absolute atomic E-state index is 11.7. The topological polar surface area (TPSA) is 76.7 Å². The van der Waals surface area contributed by atoms with Crippen LogP contribution in [-0.2, 0) is 9.47 Å². The zero-order valence-electron chi connectivity index (χ0n) is 11.3. The van der Waals surface area contributed by atoms with Crippen LogP contribution in [0.15, 0.2) is 24.3 Å². The van der Waals surface area contributed by atoms with E-state index in [1.54, 1.807) is 24.3 Å². The van der Waals surface area contributed by atoms with Gasteiger partial charge in [0.25, 0.3) is 0 Å². The quantitative estimate of drug-likeness (QED) is 0.614. The minimum Gasteiger partial charge on any atom is -0.460 e. The van der Waals surface area contributed by atoms with E-state index in [1.807, 2.05) is 0 Å². The Balaban J connectivity index is 1.89. The molecule has 1 fully saturated rings. The molecule has 1 aromatic rings. The second kappa shape index (κ2) is 6.91. The van der Waals surface area contributed by atoms with Gasteiger partial charge in [0.1, 0.15) is 6.61 Å². The molecule has 2 N–H and O–H groups in total. The first kappa shape index (κ1) is 14.3. The number of esters is 1. The number of ether oxygens (including phenoxy) is 2. The highest BCUT2D eigenvalue weighted by molar-refractivity contribution is 5.94. The second-order valence-electron chi connectivity index (χ2n) is 4.58. The van der Waals surface area contributed by atoms with Crippen molar-refractivity contribution < 1.29 is 19.1 Å². The number of nitrogens with one attached hydrogen (secondary N) is 2. The molecule has 0 atom stereocenters. The molecule has 20 heavy (non-hydrogen) atoms. The van der Waals surface area contributed by atoms with Crippen LogP contribution in [0.3, 0.4) is 0 Å². The summed E-state index contributed by atoms with van der Waals surface area (Å²) in [6.07, 6.45) is 2.05. The van der Waals surface area contributed by atoms with E-state index in [2.05, 4.69) is 10.6 Å². The number of amides is 2. The molecule has 0 aromatic heterocycles. The number of hydrogen-bond acceptors (Lipinski definition) is 4. The molecule has 0 spiro atoms. The third-order valence-corrected chi connectivity index (χ3v) is 2.79. The largest absolute Gasteiger partial charge is 0.460 e. The Morgan fingerprint density at radius 2 is 2.10 bits per heavy atom. The minimum atomic E-state index is -0.437. The standard InChI is InChI=1S/C14H18N2O4/c1-19-7-8-20-13(17)10-3-2-4-12(9-10)16-14(18)15-11-5-6-11/h2-4,9,11H,5-8H2,1H3,(H2,15,16,18). The summed E-state index contributed by atoms with van der Waals surface area (Å²) in [6.45, 7) is 0.558. The van der Waals surface area contributed by atoms with Gasteiger partial charge in [-0.3, -0.25) is 0 Å². The average Bonchev–Trinajstić information content (AvgIpc) is 3.23. The van der Waals surface area contributed by atoms with Crippen molar-refractivity contribution in [1.29, 1.82) is 0 Å². The van der Waals surface area contributed by atoms with E-state index < -0.39 is 5.97 Å². The molecule has 108 valence electrons. The zero-order chi connectivity index (χ0) is 14.4. The van der Waals surface area contributed by atoms with E-state index >= 15 is 0 Å². The maximum Gasteiger partial charge on any atom is 0.338 e. The fourth-order valence-electron chi connectivity index (χ4n) is 1.61. The number of anilines is 1. The minimum absolute atomic E-state index is 0.204. The van der Waals surface area contributed by atoms with E-state index in [-0.39, 0.29) is 18.7 Å². The van der Waals surface area contributed by atoms with Crippen molar-refractivity contribution >= 4 is 17.7 Å². The van der Waals surface area contributed by atoms with Crippen molar-refractivity contribution in [3.63, 3.8) is 0 Å². The van der Waals surface area contributed by atoms with Crippen molar-refractivity contribution in [2.75, 3.05) is 25.6 Å². The van der Waals surface area contributed by atoms with Crippen LogP contribution in [0, 0.1) is 0 Å². The first-order valence-corrected chi connectivity index (χ1v) is 6.52. The van der Waals surface area contributed by atoms with Crippen LogP contribution >= 0.6 is 0 Å². The van der Waals surface area contributed by atoms with Crippen molar-refractivity contribution in [3.05, 3.63) is 29.8 Å². The molecule has 0 heterocycles. The molecule has 6 heteroatoms. The first-order chi connectivity index (χ1) is 9.69. The highest BCUT2D eigenvalue weighted by Gasteiger charge is 2.23. The Morgan fingerprint density at radius 3 is 2.80 bits per heavy atom. The SMILES string of the molecule is COCCOC(=O)c1cccc(NC(=O)NC2CC2)c1. The lowest BCUT2D eigenvalue weighted by Gasteiger charge is -2.08. The lowest BCUT2D eigenvalue weighted by molar-refractivity contribution is 0.0388. The highest BCUT2D eigenvalue weighted by atomic mass is 16.6. The molecule has 0 bridgehead atoms. The first-order valence-electron chi connectivity index (χ1n) is 6.52. The van der Waals surface area contributed by atoms with Crippen molar-refractivity contribution in [1.82, 2.24) is 5.32 Å². The van der Waals surface area contributed by atoms with Gasteiger partial charge in [0.15, 0.2) is 0 Å². The zero-order valence-corrected chi connectivity index (χ0v) is 11.3. The third-order valence-electron chi connectivity index (χ3n) is 2.79. The molecular weight excluding hydrogens is 260 g/mol. The van der Waals surface area contributed by atoms with Gasteiger partial charge in [-0.25, -0.2) is 9.59 Å². The highest BCUT2D eigenvalue weighted by Crippen LogP contribution is 2.19. The number of urea groups is 1. The fourth-order valence-corrected chi connectivity index (χ4v) is 1.61. The van der Waals surface area contributed by atoms with Gasteiger partial charge in [0, 0.05) is 18.8 Å². The molecular formula is C14H18N2O4. The van der Waals surface area contributed by atoms with E-state index in [0.29, 0.717) is 17.9 Å². The molecule has 6 nitrogen and oxygen atoms in total. The molecule has 1 aliphatic carbocycles. The molecule has 0 aliphatic heterocycles. The summed E-state index contributed by atoms with van der Waals surface area (Å²) in [7, 11) is 1.54. The summed E-state index contributed by atoms with van der Waals surface area (Å²) < 4.78 is 9.82. The number of hydrogen-bond donors (Lipinski definition) is 2. The fraction of sp³-hybridized carbons (Fsp3) is 0.429.